The van der Waals surface area contributed by atoms with Crippen molar-refractivity contribution in [3.05, 3.63) is 29.8 Å². The van der Waals surface area contributed by atoms with Gasteiger partial charge in [-0.2, -0.15) is 0 Å². The Balaban J connectivity index is 0.000001000. The first-order chi connectivity index (χ1) is 4.86. The molecule has 0 atom stereocenters. The summed E-state index contributed by atoms with van der Waals surface area (Å²) in [6.07, 6.45) is 0. The maximum Gasteiger partial charge on any atom is 0 e. The van der Waals surface area contributed by atoms with Gasteiger partial charge >= 0.3 is 68.8 Å². The van der Waals surface area contributed by atoms with E-state index in [1.54, 1.807) is 7.11 Å². The Bertz CT molecular complexity index is 175. The van der Waals surface area contributed by atoms with Crippen LogP contribution in [0.25, 0.3) is 0 Å². The van der Waals surface area contributed by atoms with E-state index in [2.05, 4.69) is 28.1 Å². The van der Waals surface area contributed by atoms with Gasteiger partial charge < -0.3 is 0 Å². The standard InChI is InChI=1S/C8H9OSe.Au/c1-9-8-4-2-7(6-10)3-5-8;/h2-5H,6H2,1H3;. The largest absolute Gasteiger partial charge is 0 e. The fourth-order valence-electron chi connectivity index (χ4n) is 0.722. The number of rotatable bonds is 2. The molecule has 0 aliphatic heterocycles. The second kappa shape index (κ2) is 5.87. The zero-order valence-corrected chi connectivity index (χ0v) is 10.0. The van der Waals surface area contributed by atoms with Gasteiger partial charge in [0, 0.05) is 22.4 Å². The van der Waals surface area contributed by atoms with E-state index in [9.17, 15) is 0 Å². The van der Waals surface area contributed by atoms with Crippen LogP contribution >= 0.6 is 0 Å². The molecule has 0 saturated heterocycles. The summed E-state index contributed by atoms with van der Waals surface area (Å²) in [7, 11) is 1.67. The summed E-state index contributed by atoms with van der Waals surface area (Å²) in [5.41, 5.74) is 1.29. The third-order valence-corrected chi connectivity index (χ3v) is 2.03. The molecule has 0 heterocycles. The Morgan fingerprint density at radius 1 is 1.27 bits per heavy atom. The van der Waals surface area contributed by atoms with Gasteiger partial charge in [0.05, 0.1) is 0 Å². The zero-order chi connectivity index (χ0) is 7.40. The maximum absolute atomic E-state index is 5.00. The average molecular weight is 397 g/mol. The monoisotopic (exact) mass is 398 g/mol. The second-order valence-corrected chi connectivity index (χ2v) is 2.60. The van der Waals surface area contributed by atoms with Gasteiger partial charge in [-0.3, -0.25) is 0 Å². The van der Waals surface area contributed by atoms with Crippen LogP contribution in [0.1, 0.15) is 5.56 Å². The van der Waals surface area contributed by atoms with Crippen molar-refractivity contribution in [3.8, 4) is 5.75 Å². The molecule has 1 rings (SSSR count). The molecule has 0 aliphatic rings. The first kappa shape index (κ1) is 11.3. The summed E-state index contributed by atoms with van der Waals surface area (Å²) in [6.45, 7) is 0. The first-order valence-electron chi connectivity index (χ1n) is 3.08. The molecule has 0 saturated carbocycles. The maximum atomic E-state index is 5.00. The second-order valence-electron chi connectivity index (χ2n) is 1.99. The van der Waals surface area contributed by atoms with Crippen molar-refractivity contribution in [1.29, 1.82) is 0 Å². The molecule has 0 unspecified atom stereocenters. The number of ether oxygens (including phenoxy) is 1. The van der Waals surface area contributed by atoms with Crippen LogP contribution in [0.5, 0.6) is 5.75 Å². The number of benzene rings is 1. The molecule has 11 heavy (non-hydrogen) atoms. The van der Waals surface area contributed by atoms with Crippen LogP contribution in [-0.4, -0.2) is 23.1 Å². The van der Waals surface area contributed by atoms with Crippen molar-refractivity contribution < 1.29 is 27.1 Å². The minimum absolute atomic E-state index is 0. The molecule has 1 aromatic rings. The van der Waals surface area contributed by atoms with E-state index in [0.717, 1.165) is 11.1 Å². The molecule has 0 amide bonds. The molecule has 0 bridgehead atoms. The van der Waals surface area contributed by atoms with Crippen molar-refractivity contribution in [3.63, 3.8) is 0 Å². The van der Waals surface area contributed by atoms with Gasteiger partial charge in [-0.1, -0.05) is 0 Å². The molecule has 2 radical (unpaired) electrons. The zero-order valence-electron chi connectivity index (χ0n) is 6.13. The topological polar surface area (TPSA) is 9.23 Å². The SMILES string of the molecule is COc1ccc(C[Se])cc1.[Au]. The number of methoxy groups -OCH3 is 1. The van der Waals surface area contributed by atoms with E-state index in [-0.39, 0.29) is 22.4 Å². The van der Waals surface area contributed by atoms with Gasteiger partial charge in [-0.05, 0) is 0 Å². The van der Waals surface area contributed by atoms with Crippen LogP contribution in [0.15, 0.2) is 24.3 Å². The molecule has 0 fully saturated rings. The van der Waals surface area contributed by atoms with E-state index < -0.39 is 0 Å². The minimum Gasteiger partial charge on any atom is 0 e. The summed E-state index contributed by atoms with van der Waals surface area (Å²) in [6, 6.07) is 8.03. The van der Waals surface area contributed by atoms with Crippen LogP contribution in [0.2, 0.25) is 0 Å². The van der Waals surface area contributed by atoms with Gasteiger partial charge in [0.1, 0.15) is 0 Å². The molecular weight excluding hydrogens is 388 g/mol. The Hall–Kier alpha value is 0.280. The van der Waals surface area contributed by atoms with Gasteiger partial charge in [0.15, 0.2) is 0 Å². The first-order valence-corrected chi connectivity index (χ1v) is 4.29. The van der Waals surface area contributed by atoms with Crippen LogP contribution in [-0.2, 0) is 27.7 Å². The molecule has 0 aromatic heterocycles. The van der Waals surface area contributed by atoms with E-state index in [0.29, 0.717) is 0 Å². The molecule has 1 nitrogen and oxygen atoms in total. The van der Waals surface area contributed by atoms with Crippen molar-refractivity contribution >= 4 is 16.0 Å². The molecular formula is C8H9AuOSe. The molecule has 3 heteroatoms. The van der Waals surface area contributed by atoms with E-state index in [1.165, 1.54) is 5.56 Å². The van der Waals surface area contributed by atoms with Crippen molar-refractivity contribution in [2.24, 2.45) is 0 Å². The van der Waals surface area contributed by atoms with Crippen LogP contribution < -0.4 is 4.74 Å². The fourth-order valence-corrected chi connectivity index (χ4v) is 1.13. The predicted octanol–water partition coefficient (Wildman–Crippen LogP) is 1.36. The molecule has 0 spiro atoms. The van der Waals surface area contributed by atoms with Gasteiger partial charge in [-0.15, -0.1) is 0 Å². The van der Waals surface area contributed by atoms with Gasteiger partial charge in [0.2, 0.25) is 0 Å². The molecule has 64 valence electrons. The third kappa shape index (κ3) is 3.46. The van der Waals surface area contributed by atoms with Crippen molar-refractivity contribution in [2.75, 3.05) is 7.11 Å². The summed E-state index contributed by atoms with van der Waals surface area (Å²) in [5.74, 6) is 0.914. The van der Waals surface area contributed by atoms with Crippen LogP contribution in [0.4, 0.5) is 0 Å². The summed E-state index contributed by atoms with van der Waals surface area (Å²) >= 11 is 2.96. The summed E-state index contributed by atoms with van der Waals surface area (Å²) in [5, 5.41) is 0.962. The Morgan fingerprint density at radius 3 is 2.18 bits per heavy atom. The van der Waals surface area contributed by atoms with Gasteiger partial charge in [0.25, 0.3) is 0 Å². The minimum atomic E-state index is 0. The van der Waals surface area contributed by atoms with E-state index in [1.807, 2.05) is 12.1 Å². The number of hydrogen-bond acceptors (Lipinski definition) is 1. The average Bonchev–Trinajstić information content (AvgIpc) is 2.05. The predicted molar refractivity (Wildman–Crippen MR) is 42.5 cm³/mol. The molecule has 1 aromatic carbocycles. The smallest absolute Gasteiger partial charge is 0 e. The Kier molecular flexibility index (Phi) is 6.02. The fraction of sp³-hybridized carbons (Fsp3) is 0.250. The van der Waals surface area contributed by atoms with Crippen molar-refractivity contribution in [1.82, 2.24) is 0 Å². The molecule has 0 aliphatic carbocycles. The van der Waals surface area contributed by atoms with E-state index in [4.69, 9.17) is 4.74 Å². The Morgan fingerprint density at radius 2 is 1.82 bits per heavy atom. The normalized spacial score (nSPS) is 8.55. The van der Waals surface area contributed by atoms with Crippen LogP contribution in [0.3, 0.4) is 0 Å². The third-order valence-electron chi connectivity index (χ3n) is 1.33. The van der Waals surface area contributed by atoms with Crippen molar-refractivity contribution in [2.45, 2.75) is 5.32 Å². The quantitative estimate of drug-likeness (QED) is 0.686. The van der Waals surface area contributed by atoms with E-state index >= 15 is 0 Å². The van der Waals surface area contributed by atoms with Crippen LogP contribution in [0, 0.1) is 0 Å². The summed E-state index contributed by atoms with van der Waals surface area (Å²) < 4.78 is 5.00. The summed E-state index contributed by atoms with van der Waals surface area (Å²) in [4.78, 5) is 0. The molecule has 0 N–H and O–H groups in total. The van der Waals surface area contributed by atoms with Gasteiger partial charge in [-0.25, -0.2) is 0 Å². The number of hydrogen-bond donors (Lipinski definition) is 0. The Labute approximate surface area is 90.8 Å².